The molecular weight excluding hydrogens is 250 g/mol. The number of nitrogens with two attached hydrogens (primary N) is 1. The highest BCUT2D eigenvalue weighted by atomic mass is 16.2. The average Bonchev–Trinajstić information content (AvgIpc) is 2.45. The molecule has 4 nitrogen and oxygen atoms in total. The van der Waals surface area contributed by atoms with Gasteiger partial charge in [0, 0.05) is 6.54 Å². The first-order chi connectivity index (χ1) is 9.56. The summed E-state index contributed by atoms with van der Waals surface area (Å²) in [5, 5.41) is 2.97. The van der Waals surface area contributed by atoms with Gasteiger partial charge < -0.3 is 16.0 Å². The number of nitrogens with zero attached hydrogens (tertiary/aromatic N) is 1. The fourth-order valence-electron chi connectivity index (χ4n) is 2.16. The summed E-state index contributed by atoms with van der Waals surface area (Å²) in [5.41, 5.74) is 7.07. The minimum Gasteiger partial charge on any atom is -0.353 e. The van der Waals surface area contributed by atoms with Gasteiger partial charge in [0.2, 0.25) is 5.91 Å². The summed E-state index contributed by atoms with van der Waals surface area (Å²) in [6.45, 7) is 2.68. The van der Waals surface area contributed by atoms with Gasteiger partial charge in [-0.3, -0.25) is 4.79 Å². The first-order valence-electron chi connectivity index (χ1n) is 7.31. The van der Waals surface area contributed by atoms with Crippen molar-refractivity contribution in [1.82, 2.24) is 10.2 Å². The molecule has 2 atom stereocenters. The molecule has 4 heteroatoms. The largest absolute Gasteiger partial charge is 0.353 e. The Morgan fingerprint density at radius 3 is 2.50 bits per heavy atom. The number of rotatable bonds is 8. The van der Waals surface area contributed by atoms with Crippen LogP contribution in [0.4, 0.5) is 0 Å². The van der Waals surface area contributed by atoms with Gasteiger partial charge in [0.05, 0.1) is 12.1 Å². The predicted octanol–water partition coefficient (Wildman–Crippen LogP) is 1.92. The van der Waals surface area contributed by atoms with Crippen molar-refractivity contribution in [1.29, 1.82) is 0 Å². The van der Waals surface area contributed by atoms with Crippen LogP contribution in [0, 0.1) is 0 Å². The van der Waals surface area contributed by atoms with Gasteiger partial charge in [-0.1, -0.05) is 50.1 Å². The quantitative estimate of drug-likeness (QED) is 0.763. The first-order valence-corrected chi connectivity index (χ1v) is 7.31. The molecule has 0 radical (unpaired) electrons. The van der Waals surface area contributed by atoms with Crippen molar-refractivity contribution >= 4 is 5.91 Å². The second-order valence-corrected chi connectivity index (χ2v) is 5.38. The molecule has 1 aromatic carbocycles. The fraction of sp³-hybridized carbons (Fsp3) is 0.562. The number of carbonyl (C=O) groups excluding carboxylic acids is 1. The van der Waals surface area contributed by atoms with Gasteiger partial charge in [-0.05, 0) is 26.1 Å². The van der Waals surface area contributed by atoms with Crippen molar-refractivity contribution in [3.8, 4) is 0 Å². The van der Waals surface area contributed by atoms with Crippen LogP contribution in [0.15, 0.2) is 30.3 Å². The fourth-order valence-corrected chi connectivity index (χ4v) is 2.16. The lowest BCUT2D eigenvalue weighted by molar-refractivity contribution is -0.122. The van der Waals surface area contributed by atoms with Gasteiger partial charge in [-0.25, -0.2) is 0 Å². The molecule has 3 N–H and O–H groups in total. The predicted molar refractivity (Wildman–Crippen MR) is 83.4 cm³/mol. The molecule has 0 saturated carbocycles. The summed E-state index contributed by atoms with van der Waals surface area (Å²) in [5.74, 6) is -0.0544. The minimum absolute atomic E-state index is 0.0544. The normalized spacial score (nSPS) is 14.1. The summed E-state index contributed by atoms with van der Waals surface area (Å²) < 4.78 is 0. The number of carbonyl (C=O) groups is 1. The molecule has 0 aliphatic rings. The van der Waals surface area contributed by atoms with Gasteiger partial charge >= 0.3 is 0 Å². The lowest BCUT2D eigenvalue weighted by Gasteiger charge is -2.25. The van der Waals surface area contributed by atoms with Crippen molar-refractivity contribution in [3.63, 3.8) is 0 Å². The number of hydrogen-bond donors (Lipinski definition) is 2. The zero-order chi connectivity index (χ0) is 15.0. The molecule has 0 spiro atoms. The third-order valence-electron chi connectivity index (χ3n) is 3.48. The maximum atomic E-state index is 12.0. The topological polar surface area (TPSA) is 58.4 Å². The van der Waals surface area contributed by atoms with Crippen molar-refractivity contribution < 1.29 is 4.79 Å². The Hall–Kier alpha value is -1.39. The first kappa shape index (κ1) is 16.7. The molecule has 20 heavy (non-hydrogen) atoms. The van der Waals surface area contributed by atoms with Crippen LogP contribution in [0.2, 0.25) is 0 Å². The van der Waals surface area contributed by atoms with Crippen LogP contribution in [0.25, 0.3) is 0 Å². The standard InChI is InChI=1S/C16H27N3O/c1-4-5-11-14(17)16(20)18-12-15(19(2)3)13-9-7-6-8-10-13/h6-10,14-15H,4-5,11-12,17H2,1-3H3,(H,18,20)/t14-,15?/m0/s1. The van der Waals surface area contributed by atoms with E-state index in [1.165, 1.54) is 5.56 Å². The highest BCUT2D eigenvalue weighted by molar-refractivity contribution is 5.81. The molecule has 0 aromatic heterocycles. The second kappa shape index (κ2) is 8.72. The zero-order valence-electron chi connectivity index (χ0n) is 12.8. The van der Waals surface area contributed by atoms with E-state index in [9.17, 15) is 4.79 Å². The number of unbranched alkanes of at least 4 members (excludes halogenated alkanes) is 1. The lowest BCUT2D eigenvalue weighted by atomic mass is 10.1. The minimum atomic E-state index is -0.395. The van der Waals surface area contributed by atoms with Crippen LogP contribution in [0.3, 0.4) is 0 Å². The summed E-state index contributed by atoms with van der Waals surface area (Å²) in [6.07, 6.45) is 2.80. The molecule has 1 amide bonds. The molecule has 1 rings (SSSR count). The van der Waals surface area contributed by atoms with Crippen LogP contribution in [0.5, 0.6) is 0 Å². The molecule has 112 valence electrons. The molecule has 0 saturated heterocycles. The second-order valence-electron chi connectivity index (χ2n) is 5.38. The molecule has 0 heterocycles. The third kappa shape index (κ3) is 5.31. The maximum Gasteiger partial charge on any atom is 0.236 e. The number of benzene rings is 1. The Morgan fingerprint density at radius 1 is 1.30 bits per heavy atom. The van der Waals surface area contributed by atoms with Crippen LogP contribution >= 0.6 is 0 Å². The monoisotopic (exact) mass is 277 g/mol. The molecule has 0 aliphatic carbocycles. The number of nitrogens with one attached hydrogen (secondary N) is 1. The summed E-state index contributed by atoms with van der Waals surface area (Å²) in [7, 11) is 4.03. The van der Waals surface area contributed by atoms with E-state index in [1.807, 2.05) is 32.3 Å². The van der Waals surface area contributed by atoms with E-state index >= 15 is 0 Å². The van der Waals surface area contributed by atoms with E-state index < -0.39 is 6.04 Å². The van der Waals surface area contributed by atoms with Crippen LogP contribution in [0.1, 0.15) is 37.8 Å². The van der Waals surface area contributed by atoms with Gasteiger partial charge in [0.15, 0.2) is 0 Å². The number of amides is 1. The molecule has 1 unspecified atom stereocenters. The Morgan fingerprint density at radius 2 is 1.95 bits per heavy atom. The van der Waals surface area contributed by atoms with E-state index in [-0.39, 0.29) is 11.9 Å². The highest BCUT2D eigenvalue weighted by Crippen LogP contribution is 2.16. The van der Waals surface area contributed by atoms with Gasteiger partial charge in [0.1, 0.15) is 0 Å². The van der Waals surface area contributed by atoms with Crippen LogP contribution < -0.4 is 11.1 Å². The Balaban J connectivity index is 2.54. The van der Waals surface area contributed by atoms with Gasteiger partial charge in [0.25, 0.3) is 0 Å². The summed E-state index contributed by atoms with van der Waals surface area (Å²) >= 11 is 0. The van der Waals surface area contributed by atoms with Gasteiger partial charge in [-0.15, -0.1) is 0 Å². The van der Waals surface area contributed by atoms with E-state index in [0.717, 1.165) is 19.3 Å². The summed E-state index contributed by atoms with van der Waals surface area (Å²) in [4.78, 5) is 14.1. The van der Waals surface area contributed by atoms with E-state index in [0.29, 0.717) is 6.54 Å². The Bertz CT molecular complexity index is 392. The molecule has 0 aliphatic heterocycles. The lowest BCUT2D eigenvalue weighted by Crippen LogP contribution is -2.43. The van der Waals surface area contributed by atoms with Crippen molar-refractivity contribution in [3.05, 3.63) is 35.9 Å². The zero-order valence-corrected chi connectivity index (χ0v) is 12.8. The van der Waals surface area contributed by atoms with E-state index in [4.69, 9.17) is 5.73 Å². The smallest absolute Gasteiger partial charge is 0.236 e. The average molecular weight is 277 g/mol. The third-order valence-corrected chi connectivity index (χ3v) is 3.48. The van der Waals surface area contributed by atoms with Crippen LogP contribution in [-0.2, 0) is 4.79 Å². The van der Waals surface area contributed by atoms with Crippen molar-refractivity contribution in [2.75, 3.05) is 20.6 Å². The van der Waals surface area contributed by atoms with Gasteiger partial charge in [-0.2, -0.15) is 0 Å². The molecule has 1 aromatic rings. The van der Waals surface area contributed by atoms with Crippen LogP contribution in [-0.4, -0.2) is 37.5 Å². The highest BCUT2D eigenvalue weighted by Gasteiger charge is 2.17. The maximum absolute atomic E-state index is 12.0. The van der Waals surface area contributed by atoms with E-state index in [1.54, 1.807) is 0 Å². The number of likely N-dealkylation sites (N-methyl/N-ethyl adjacent to an activating group) is 1. The Labute approximate surface area is 122 Å². The van der Waals surface area contributed by atoms with E-state index in [2.05, 4.69) is 29.3 Å². The number of hydrogen-bond acceptors (Lipinski definition) is 3. The molecule has 0 bridgehead atoms. The summed E-state index contributed by atoms with van der Waals surface area (Å²) in [6, 6.07) is 9.95. The van der Waals surface area contributed by atoms with Crippen molar-refractivity contribution in [2.45, 2.75) is 38.3 Å². The SMILES string of the molecule is CCCC[C@H](N)C(=O)NCC(c1ccccc1)N(C)C. The van der Waals surface area contributed by atoms with Crippen molar-refractivity contribution in [2.24, 2.45) is 5.73 Å². The molecule has 0 fully saturated rings. The Kier molecular flexibility index (Phi) is 7.26. The molecular formula is C16H27N3O.